The molecule has 0 aromatic rings. The molecule has 2 aliphatic carbocycles. The first-order chi connectivity index (χ1) is 10.1. The Labute approximate surface area is 126 Å². The molecule has 2 saturated carbocycles. The highest BCUT2D eigenvalue weighted by Crippen LogP contribution is 2.32. The molecular formula is C16H28N2O3. The summed E-state index contributed by atoms with van der Waals surface area (Å²) in [6, 6.07) is -0.200. The van der Waals surface area contributed by atoms with Gasteiger partial charge in [-0.3, -0.25) is 4.79 Å². The van der Waals surface area contributed by atoms with E-state index in [1.807, 2.05) is 0 Å². The summed E-state index contributed by atoms with van der Waals surface area (Å²) in [5, 5.41) is 14.9. The monoisotopic (exact) mass is 296 g/mol. The summed E-state index contributed by atoms with van der Waals surface area (Å²) in [5.74, 6) is -0.0853. The topological polar surface area (TPSA) is 78.4 Å². The number of carbonyl (C=O) groups excluding carboxylic acids is 1. The molecule has 0 atom stereocenters. The number of carboxylic acid groups (broad SMARTS) is 1. The zero-order valence-electron chi connectivity index (χ0n) is 12.8. The summed E-state index contributed by atoms with van der Waals surface area (Å²) in [5.41, 5.74) is -0.527. The largest absolute Gasteiger partial charge is 0.481 e. The average Bonchev–Trinajstić information content (AvgIpc) is 2.87. The number of carbonyl (C=O) groups is 2. The summed E-state index contributed by atoms with van der Waals surface area (Å²) in [6.45, 7) is 0.694. The minimum absolute atomic E-state index is 0.0308. The third-order valence-electron chi connectivity index (χ3n) is 4.99. The van der Waals surface area contributed by atoms with Crippen LogP contribution in [-0.4, -0.2) is 29.2 Å². The van der Waals surface area contributed by atoms with Crippen molar-refractivity contribution in [2.24, 2.45) is 5.92 Å². The van der Waals surface area contributed by atoms with Gasteiger partial charge in [0.1, 0.15) is 0 Å². The maximum absolute atomic E-state index is 12.0. The Kier molecular flexibility index (Phi) is 5.88. The molecule has 0 radical (unpaired) electrons. The number of rotatable bonds is 6. The van der Waals surface area contributed by atoms with E-state index in [0.29, 0.717) is 6.54 Å². The third-order valence-corrected chi connectivity index (χ3v) is 4.99. The van der Waals surface area contributed by atoms with Crippen molar-refractivity contribution < 1.29 is 14.7 Å². The van der Waals surface area contributed by atoms with Crippen LogP contribution in [0.15, 0.2) is 0 Å². The van der Waals surface area contributed by atoms with Crippen molar-refractivity contribution in [3.63, 3.8) is 0 Å². The molecule has 2 amide bonds. The Morgan fingerprint density at radius 1 is 1.05 bits per heavy atom. The van der Waals surface area contributed by atoms with E-state index < -0.39 is 11.5 Å². The third kappa shape index (κ3) is 5.21. The Morgan fingerprint density at radius 3 is 2.33 bits per heavy atom. The minimum atomic E-state index is -0.834. The van der Waals surface area contributed by atoms with Crippen LogP contribution >= 0.6 is 0 Å². The van der Waals surface area contributed by atoms with Crippen LogP contribution in [0.25, 0.3) is 0 Å². The molecule has 0 spiro atoms. The van der Waals surface area contributed by atoms with Gasteiger partial charge in [0.2, 0.25) is 0 Å². The van der Waals surface area contributed by atoms with Crippen molar-refractivity contribution in [2.45, 2.75) is 76.2 Å². The van der Waals surface area contributed by atoms with Crippen LogP contribution in [0.1, 0.15) is 70.6 Å². The first kappa shape index (κ1) is 16.1. The number of aliphatic carboxylic acids is 1. The summed E-state index contributed by atoms with van der Waals surface area (Å²) in [4.78, 5) is 23.0. The van der Waals surface area contributed by atoms with Crippen molar-refractivity contribution >= 4 is 12.0 Å². The summed E-state index contributed by atoms with van der Waals surface area (Å²) < 4.78 is 0. The Hall–Kier alpha value is -1.26. The molecule has 3 N–H and O–H groups in total. The van der Waals surface area contributed by atoms with Crippen LogP contribution < -0.4 is 10.6 Å². The zero-order chi connectivity index (χ0) is 15.1. The Morgan fingerprint density at radius 2 is 1.71 bits per heavy atom. The molecule has 5 nitrogen and oxygen atoms in total. The predicted molar refractivity (Wildman–Crippen MR) is 81.2 cm³/mol. The van der Waals surface area contributed by atoms with Crippen molar-refractivity contribution in [1.82, 2.24) is 10.6 Å². The smallest absolute Gasteiger partial charge is 0.315 e. The lowest BCUT2D eigenvalue weighted by Gasteiger charge is -2.29. The lowest BCUT2D eigenvalue weighted by molar-refractivity contribution is -0.138. The van der Waals surface area contributed by atoms with Crippen LogP contribution in [-0.2, 0) is 4.79 Å². The molecule has 0 saturated heterocycles. The highest BCUT2D eigenvalue weighted by molar-refractivity contribution is 5.76. The summed E-state index contributed by atoms with van der Waals surface area (Å²) in [6.07, 6.45) is 11.2. The number of urea groups is 1. The second-order valence-corrected chi connectivity index (χ2v) is 6.73. The molecule has 5 heteroatoms. The maximum atomic E-state index is 12.0. The van der Waals surface area contributed by atoms with Gasteiger partial charge in [-0.05, 0) is 25.2 Å². The zero-order valence-corrected chi connectivity index (χ0v) is 12.8. The number of hydrogen-bond donors (Lipinski definition) is 3. The molecule has 0 unspecified atom stereocenters. The fourth-order valence-corrected chi connectivity index (χ4v) is 3.84. The van der Waals surface area contributed by atoms with Crippen molar-refractivity contribution in [2.75, 3.05) is 6.54 Å². The van der Waals surface area contributed by atoms with E-state index in [1.165, 1.54) is 32.1 Å². The molecule has 2 aliphatic rings. The van der Waals surface area contributed by atoms with Gasteiger partial charge in [-0.15, -0.1) is 0 Å². The van der Waals surface area contributed by atoms with Crippen LogP contribution in [0.4, 0.5) is 4.79 Å². The first-order valence-electron chi connectivity index (χ1n) is 8.37. The van der Waals surface area contributed by atoms with Gasteiger partial charge < -0.3 is 15.7 Å². The number of nitrogens with one attached hydrogen (secondary N) is 2. The minimum Gasteiger partial charge on any atom is -0.481 e. The lowest BCUT2D eigenvalue weighted by Crippen LogP contribution is -2.51. The Balaban J connectivity index is 1.70. The van der Waals surface area contributed by atoms with Gasteiger partial charge in [0, 0.05) is 6.54 Å². The number of amides is 2. The maximum Gasteiger partial charge on any atom is 0.315 e. The van der Waals surface area contributed by atoms with Gasteiger partial charge in [-0.1, -0.05) is 44.9 Å². The van der Waals surface area contributed by atoms with Crippen molar-refractivity contribution in [3.8, 4) is 0 Å². The highest BCUT2D eigenvalue weighted by Gasteiger charge is 2.37. The standard InChI is InChI=1S/C16H28N2O3/c19-14(20)12-16(9-4-5-10-16)18-15(21)17-11-8-13-6-2-1-3-7-13/h13H,1-12H2,(H,19,20)(H2,17,18,21). The summed E-state index contributed by atoms with van der Waals surface area (Å²) >= 11 is 0. The van der Waals surface area contributed by atoms with Gasteiger partial charge >= 0.3 is 12.0 Å². The van der Waals surface area contributed by atoms with Crippen LogP contribution in [0, 0.1) is 5.92 Å². The normalized spacial score (nSPS) is 21.9. The molecule has 0 aromatic heterocycles. The van der Waals surface area contributed by atoms with E-state index in [-0.39, 0.29) is 12.5 Å². The van der Waals surface area contributed by atoms with E-state index in [2.05, 4.69) is 10.6 Å². The van der Waals surface area contributed by atoms with Gasteiger partial charge in [-0.25, -0.2) is 4.79 Å². The average molecular weight is 296 g/mol. The van der Waals surface area contributed by atoms with Gasteiger partial charge in [0.15, 0.2) is 0 Å². The SMILES string of the molecule is O=C(O)CC1(NC(=O)NCCC2CCCCC2)CCCC1. The van der Waals surface area contributed by atoms with Crippen molar-refractivity contribution in [3.05, 3.63) is 0 Å². The van der Waals surface area contributed by atoms with Crippen LogP contribution in [0.3, 0.4) is 0 Å². The second-order valence-electron chi connectivity index (χ2n) is 6.73. The van der Waals surface area contributed by atoms with E-state index in [4.69, 9.17) is 5.11 Å². The van der Waals surface area contributed by atoms with Crippen molar-refractivity contribution in [1.29, 1.82) is 0 Å². The molecule has 21 heavy (non-hydrogen) atoms. The van der Waals surface area contributed by atoms with E-state index in [1.54, 1.807) is 0 Å². The molecule has 0 aromatic carbocycles. The molecule has 0 aliphatic heterocycles. The molecule has 0 bridgehead atoms. The lowest BCUT2D eigenvalue weighted by atomic mass is 9.87. The quantitative estimate of drug-likeness (QED) is 0.705. The van der Waals surface area contributed by atoms with E-state index in [0.717, 1.165) is 38.0 Å². The molecule has 2 fully saturated rings. The fourth-order valence-electron chi connectivity index (χ4n) is 3.84. The van der Waals surface area contributed by atoms with E-state index in [9.17, 15) is 9.59 Å². The van der Waals surface area contributed by atoms with Crippen LogP contribution in [0.2, 0.25) is 0 Å². The Bertz CT molecular complexity index is 359. The number of carboxylic acids is 1. The van der Waals surface area contributed by atoms with Gasteiger partial charge in [0.05, 0.1) is 12.0 Å². The summed E-state index contributed by atoms with van der Waals surface area (Å²) in [7, 11) is 0. The molecular weight excluding hydrogens is 268 g/mol. The van der Waals surface area contributed by atoms with Crippen LogP contribution in [0.5, 0.6) is 0 Å². The van der Waals surface area contributed by atoms with Gasteiger partial charge in [-0.2, -0.15) is 0 Å². The molecule has 120 valence electrons. The highest BCUT2D eigenvalue weighted by atomic mass is 16.4. The predicted octanol–water partition coefficient (Wildman–Crippen LogP) is 3.04. The number of hydrogen-bond acceptors (Lipinski definition) is 2. The second kappa shape index (κ2) is 7.66. The molecule has 0 heterocycles. The first-order valence-corrected chi connectivity index (χ1v) is 8.37. The van der Waals surface area contributed by atoms with E-state index >= 15 is 0 Å². The van der Waals surface area contributed by atoms with Gasteiger partial charge in [0.25, 0.3) is 0 Å². The fraction of sp³-hybridized carbons (Fsp3) is 0.875. The molecule has 2 rings (SSSR count).